The smallest absolute Gasteiger partial charge is 0.121 e. The van der Waals surface area contributed by atoms with Gasteiger partial charge in [0.25, 0.3) is 0 Å². The predicted molar refractivity (Wildman–Crippen MR) is 173 cm³/mol. The minimum Gasteiger partial charge on any atom is -0.501 e. The van der Waals surface area contributed by atoms with E-state index in [1.165, 1.54) is 37.9 Å². The van der Waals surface area contributed by atoms with Crippen molar-refractivity contribution in [2.45, 2.75) is 48.3 Å². The maximum absolute atomic E-state index is 7.84. The Hall–Kier alpha value is -3.63. The summed E-state index contributed by atoms with van der Waals surface area (Å²) in [4.78, 5) is 9.95. The Balaban J connectivity index is 0.000000237. The van der Waals surface area contributed by atoms with E-state index in [0.29, 0.717) is 16.8 Å². The normalized spacial score (nSPS) is 13.7. The summed E-state index contributed by atoms with van der Waals surface area (Å²) in [5, 5.41) is 3.04. The molecule has 7 rings (SSSR count). The summed E-state index contributed by atoms with van der Waals surface area (Å²) in [5.41, 5.74) is 8.55. The molecule has 0 fully saturated rings. The minimum atomic E-state index is -2.60. The van der Waals surface area contributed by atoms with Crippen LogP contribution in [0.15, 0.2) is 71.4 Å². The zero-order valence-electron chi connectivity index (χ0n) is 29.9. The Morgan fingerprint density at radius 1 is 0.786 bits per heavy atom. The van der Waals surface area contributed by atoms with Crippen LogP contribution in [0.2, 0.25) is 0 Å². The van der Waals surface area contributed by atoms with Crippen LogP contribution in [0.5, 0.6) is 0 Å². The number of thiophene rings is 1. The molecule has 42 heavy (non-hydrogen) atoms. The molecule has 0 aliphatic rings. The number of nitrogens with zero attached hydrogens (tertiary/aromatic N) is 2. The van der Waals surface area contributed by atoms with Gasteiger partial charge in [0.2, 0.25) is 0 Å². The Morgan fingerprint density at radius 2 is 1.55 bits per heavy atom. The molecule has 3 nitrogen and oxygen atoms in total. The fourth-order valence-corrected chi connectivity index (χ4v) is 5.98. The second-order valence-electron chi connectivity index (χ2n) is 10.3. The van der Waals surface area contributed by atoms with E-state index < -0.39 is 13.7 Å². The number of pyridine rings is 2. The largest absolute Gasteiger partial charge is 0.501 e. The monoisotopic (exact) mass is 751 g/mol. The van der Waals surface area contributed by atoms with Gasteiger partial charge in [0.1, 0.15) is 5.58 Å². The maximum Gasteiger partial charge on any atom is 0.121 e. The van der Waals surface area contributed by atoms with Gasteiger partial charge in [-0.05, 0) is 81.6 Å². The molecule has 0 aliphatic carbocycles. The Bertz CT molecular complexity index is 2290. The summed E-state index contributed by atoms with van der Waals surface area (Å²) in [6.45, 7) is 5.26. The molecule has 213 valence electrons. The number of fused-ring (bicyclic) bond motifs is 5. The zero-order chi connectivity index (χ0) is 33.8. The van der Waals surface area contributed by atoms with Crippen molar-refractivity contribution < 1.29 is 32.7 Å². The maximum atomic E-state index is 7.84. The van der Waals surface area contributed by atoms with Gasteiger partial charge in [-0.25, -0.2) is 0 Å². The van der Waals surface area contributed by atoms with E-state index in [0.717, 1.165) is 39.2 Å². The van der Waals surface area contributed by atoms with Gasteiger partial charge in [-0.2, -0.15) is 0 Å². The van der Waals surface area contributed by atoms with Crippen molar-refractivity contribution in [2.24, 2.45) is 0 Å². The summed E-state index contributed by atoms with van der Waals surface area (Å²) in [6.07, 6.45) is 3.04. The minimum absolute atomic E-state index is 0. The van der Waals surface area contributed by atoms with Gasteiger partial charge in [0, 0.05) is 61.1 Å². The second-order valence-corrected chi connectivity index (χ2v) is 11.6. The number of aryl methyl sites for hydroxylation is 7. The molecular weight excluding hydrogens is 713 g/mol. The Kier molecular flexibility index (Phi) is 6.51. The molecule has 0 amide bonds. The molecule has 0 saturated carbocycles. The fourth-order valence-electron chi connectivity index (χ4n) is 4.90. The standard InChI is InChI=1S/C23H18NOS.C14H14N.Ir/c1-12-10-18(24-11-13(12)2)16-6-5-7-17-22-19(25-23(16)17)8-9-20-21(22)14(3)15(4)26-20;1-10-4-6-13(7-5-10)14-8-11(2)12(3)9-15-14;/h5,7-11H,1-4H3;4-6,8-9H,1-3H3;/q2*-1;/i1D3,2D3;;. The second kappa shape index (κ2) is 11.9. The molecule has 3 aromatic carbocycles. The van der Waals surface area contributed by atoms with Crippen LogP contribution in [0.3, 0.4) is 0 Å². The first kappa shape index (κ1) is 22.9. The number of hydrogen-bond acceptors (Lipinski definition) is 4. The average Bonchev–Trinajstić information content (AvgIpc) is 3.54. The zero-order valence-corrected chi connectivity index (χ0v) is 27.1. The Labute approximate surface area is 273 Å². The number of furan rings is 1. The van der Waals surface area contributed by atoms with Crippen LogP contribution in [-0.2, 0) is 20.1 Å². The summed E-state index contributed by atoms with van der Waals surface area (Å²) >= 11 is 1.74. The van der Waals surface area contributed by atoms with E-state index in [9.17, 15) is 0 Å². The van der Waals surface area contributed by atoms with E-state index in [4.69, 9.17) is 12.6 Å². The van der Waals surface area contributed by atoms with Gasteiger partial charge in [-0.15, -0.1) is 64.9 Å². The third kappa shape index (κ3) is 5.45. The third-order valence-corrected chi connectivity index (χ3v) is 8.68. The molecule has 4 heterocycles. The van der Waals surface area contributed by atoms with Gasteiger partial charge >= 0.3 is 0 Å². The van der Waals surface area contributed by atoms with Crippen molar-refractivity contribution in [2.75, 3.05) is 0 Å². The number of hydrogen-bond donors (Lipinski definition) is 0. The molecule has 0 N–H and O–H groups in total. The molecule has 7 aromatic rings. The van der Waals surface area contributed by atoms with Crippen molar-refractivity contribution >= 4 is 43.4 Å². The molecule has 0 bridgehead atoms. The van der Waals surface area contributed by atoms with Crippen molar-refractivity contribution in [1.29, 1.82) is 0 Å². The van der Waals surface area contributed by atoms with Crippen LogP contribution in [0.25, 0.3) is 54.5 Å². The summed E-state index contributed by atoms with van der Waals surface area (Å²) < 4.78 is 54.0. The van der Waals surface area contributed by atoms with Gasteiger partial charge < -0.3 is 14.4 Å². The molecule has 5 heteroatoms. The molecule has 0 aliphatic heterocycles. The molecule has 0 atom stereocenters. The summed E-state index contributed by atoms with van der Waals surface area (Å²) in [7, 11) is 0. The van der Waals surface area contributed by atoms with Crippen LogP contribution in [0.4, 0.5) is 0 Å². The average molecular weight is 751 g/mol. The van der Waals surface area contributed by atoms with Crippen molar-refractivity contribution in [3.63, 3.8) is 0 Å². The van der Waals surface area contributed by atoms with Gasteiger partial charge in [-0.1, -0.05) is 41.1 Å². The first-order valence-electron chi connectivity index (χ1n) is 16.3. The first-order chi connectivity index (χ1) is 22.1. The fraction of sp³-hybridized carbons (Fsp3) is 0.189. The molecule has 0 unspecified atom stereocenters. The summed E-state index contributed by atoms with van der Waals surface area (Å²) in [6, 6.07) is 23.6. The molecule has 0 spiro atoms. The number of benzene rings is 3. The van der Waals surface area contributed by atoms with E-state index in [1.807, 2.05) is 30.5 Å². The van der Waals surface area contributed by atoms with Crippen LogP contribution >= 0.6 is 11.3 Å². The van der Waals surface area contributed by atoms with Crippen molar-refractivity contribution in [1.82, 2.24) is 9.97 Å². The molecule has 1 radical (unpaired) electrons. The third-order valence-electron chi connectivity index (χ3n) is 7.50. The van der Waals surface area contributed by atoms with E-state index in [2.05, 4.69) is 74.9 Å². The molecule has 0 saturated heterocycles. The van der Waals surface area contributed by atoms with Crippen LogP contribution in [0.1, 0.15) is 46.5 Å². The predicted octanol–water partition coefficient (Wildman–Crippen LogP) is 10.4. The van der Waals surface area contributed by atoms with Crippen LogP contribution < -0.4 is 0 Å². The van der Waals surface area contributed by atoms with E-state index in [-0.39, 0.29) is 31.2 Å². The van der Waals surface area contributed by atoms with Crippen LogP contribution in [-0.4, -0.2) is 9.97 Å². The first-order valence-corrected chi connectivity index (χ1v) is 14.1. The van der Waals surface area contributed by atoms with Gasteiger partial charge in [-0.3, -0.25) is 0 Å². The SMILES string of the molecule is Cc1c[c-]c(-c2cc(C)c(C)cn2)cc1.[2H]C([2H])([2H])c1cnc(-c2[c-]ccc3c2oc2ccc4sc(C)c(C)c4c23)cc1C([2H])([2H])[2H].[Ir]. The van der Waals surface area contributed by atoms with E-state index in [1.54, 1.807) is 17.4 Å². The number of rotatable bonds is 2. The topological polar surface area (TPSA) is 38.9 Å². The van der Waals surface area contributed by atoms with Crippen molar-refractivity contribution in [3.8, 4) is 22.5 Å². The molecular formula is C37H32IrN2OS-2. The van der Waals surface area contributed by atoms with Gasteiger partial charge in [0.05, 0.1) is 5.58 Å². The Morgan fingerprint density at radius 3 is 2.29 bits per heavy atom. The quantitative estimate of drug-likeness (QED) is 0.165. The van der Waals surface area contributed by atoms with Crippen molar-refractivity contribution in [3.05, 3.63) is 117 Å². The molecule has 4 aromatic heterocycles. The van der Waals surface area contributed by atoms with E-state index >= 15 is 0 Å². The number of aromatic nitrogens is 2. The van der Waals surface area contributed by atoms with Crippen LogP contribution in [0, 0.1) is 60.5 Å². The van der Waals surface area contributed by atoms with Gasteiger partial charge in [0.15, 0.2) is 0 Å². The summed E-state index contributed by atoms with van der Waals surface area (Å²) in [5.74, 6) is 0.